The van der Waals surface area contributed by atoms with Crippen LogP contribution in [0.2, 0.25) is 0 Å². The second-order valence-electron chi connectivity index (χ2n) is 21.4. The van der Waals surface area contributed by atoms with E-state index in [1.54, 1.807) is 0 Å². The van der Waals surface area contributed by atoms with Crippen LogP contribution in [0.3, 0.4) is 0 Å². The van der Waals surface area contributed by atoms with Crippen molar-refractivity contribution in [1.29, 1.82) is 0 Å². The minimum Gasteiger partial charge on any atom is -0.378 e. The van der Waals surface area contributed by atoms with Crippen LogP contribution in [0.1, 0.15) is 114 Å². The third-order valence-electron chi connectivity index (χ3n) is 15.9. The van der Waals surface area contributed by atoms with E-state index in [0.717, 1.165) is 101 Å². The number of benzene rings is 2. The Labute approximate surface area is 439 Å². The first-order valence-corrected chi connectivity index (χ1v) is 26.2. The number of aryl methyl sites for hydroxylation is 2. The summed E-state index contributed by atoms with van der Waals surface area (Å²) in [6.45, 7) is 40.3. The number of allylic oxidation sites excluding steroid dienone is 2. The normalized spacial score (nSPS) is 19.3. The minimum atomic E-state index is -0.0360. The average molecular weight is 939 g/mol. The number of aromatic nitrogens is 2. The molecule has 4 fully saturated rings. The van der Waals surface area contributed by atoms with E-state index in [1.165, 1.54) is 93.5 Å². The standard InChI is InChI=1S/C60H83N8.Na/c1-12-15-28-60(9,10)39-53-52-38-49(24-25-57(52)66(14-3)59(53)51-23-20-29-61-54(51)13-2)50-35-41(4)34-46(36-50)37-55(45(8)68-31-19-18-30-63-68)64-42(5)58(48-21-16-17-22-48)67-33-27-47(43(67)6)26-32-65(11)44(7)56-40-62-56;/h12-13,20,23-25,29,34-36,38,47-48,55-56,58,62-64H,1,5-8,14-19,21-22,26-28,30-33,37,39-40H2,2-4,9-11H3;/q-1;+1. The Hall–Kier alpha value is -4.18. The maximum atomic E-state index is 4.93. The van der Waals surface area contributed by atoms with Gasteiger partial charge in [0.15, 0.2) is 0 Å². The predicted molar refractivity (Wildman–Crippen MR) is 288 cm³/mol. The van der Waals surface area contributed by atoms with Crippen molar-refractivity contribution in [3.05, 3.63) is 145 Å². The van der Waals surface area contributed by atoms with E-state index in [-0.39, 0.29) is 47.1 Å². The molecule has 2 aromatic carbocycles. The third-order valence-corrected chi connectivity index (χ3v) is 15.9. The van der Waals surface area contributed by atoms with Gasteiger partial charge in [0.1, 0.15) is 0 Å². The molecule has 0 spiro atoms. The Bertz CT molecular complexity index is 2460. The molecular weight excluding hydrogens is 856 g/mol. The van der Waals surface area contributed by atoms with Crippen molar-refractivity contribution in [3.63, 3.8) is 0 Å². The van der Waals surface area contributed by atoms with Crippen LogP contribution in [-0.4, -0.2) is 82.3 Å². The average Bonchev–Trinajstić information content (AvgIpc) is 3.81. The van der Waals surface area contributed by atoms with Crippen LogP contribution in [0, 0.1) is 30.6 Å². The monoisotopic (exact) mass is 939 g/mol. The first kappa shape index (κ1) is 52.6. The zero-order valence-electron chi connectivity index (χ0n) is 43.7. The van der Waals surface area contributed by atoms with E-state index in [2.05, 4.69) is 151 Å². The van der Waals surface area contributed by atoms with E-state index in [4.69, 9.17) is 24.7 Å². The van der Waals surface area contributed by atoms with E-state index in [0.29, 0.717) is 17.9 Å². The number of hydrazine groups is 1. The van der Waals surface area contributed by atoms with Crippen molar-refractivity contribution < 1.29 is 29.6 Å². The van der Waals surface area contributed by atoms with Gasteiger partial charge in [0.05, 0.1) is 18.1 Å². The molecule has 0 amide bonds. The van der Waals surface area contributed by atoms with Crippen LogP contribution in [0.25, 0.3) is 33.3 Å². The van der Waals surface area contributed by atoms with E-state index >= 15 is 0 Å². The molecular formula is C60H83N8Na. The molecule has 4 aromatic rings. The number of hydrogen-bond donors (Lipinski definition) is 3. The summed E-state index contributed by atoms with van der Waals surface area (Å²) in [6.07, 6.45) is 19.6. The molecule has 4 unspecified atom stereocenters. The molecule has 5 heterocycles. The van der Waals surface area contributed by atoms with Gasteiger partial charge in [-0.1, -0.05) is 101 Å². The van der Waals surface area contributed by atoms with Gasteiger partial charge in [0.2, 0.25) is 0 Å². The maximum Gasteiger partial charge on any atom is 1.00 e. The summed E-state index contributed by atoms with van der Waals surface area (Å²) >= 11 is 0. The van der Waals surface area contributed by atoms with Crippen LogP contribution in [0.4, 0.5) is 0 Å². The van der Waals surface area contributed by atoms with Gasteiger partial charge in [-0.3, -0.25) is 4.98 Å². The summed E-state index contributed by atoms with van der Waals surface area (Å²) in [7, 11) is 2.19. The van der Waals surface area contributed by atoms with Gasteiger partial charge in [-0.2, -0.15) is 0 Å². The van der Waals surface area contributed by atoms with Crippen LogP contribution >= 0.6 is 0 Å². The fourth-order valence-electron chi connectivity index (χ4n) is 11.9. The fraction of sp³-hybridized carbons (Fsp3) is 0.500. The second-order valence-corrected chi connectivity index (χ2v) is 21.4. The Morgan fingerprint density at radius 3 is 2.51 bits per heavy atom. The predicted octanol–water partition coefficient (Wildman–Crippen LogP) is 9.14. The zero-order chi connectivity index (χ0) is 48.1. The molecule has 3 aliphatic heterocycles. The van der Waals surface area contributed by atoms with Crippen molar-refractivity contribution in [2.75, 3.05) is 39.8 Å². The molecule has 364 valence electrons. The van der Waals surface area contributed by atoms with Gasteiger partial charge in [-0.15, -0.1) is 25.1 Å². The number of likely N-dealkylation sites (tertiary alicyclic amines) is 1. The SMILES string of the molecule is C=CCCC(C)(C)Cc1c(-c2cccnc2[CH-]C)n(CC)c2ccc(-c3cc(C)cc(CC(NC(=C)C(C4CCCC4)N4CCC(CCN(C)C(=C)C5CN5)C4=C)C(=C)N4CCCCN4)c3)cc12.[Na+]. The summed E-state index contributed by atoms with van der Waals surface area (Å²) in [5.41, 5.74) is 19.7. The Morgan fingerprint density at radius 1 is 1.03 bits per heavy atom. The molecule has 69 heavy (non-hydrogen) atoms. The Morgan fingerprint density at radius 2 is 1.81 bits per heavy atom. The van der Waals surface area contributed by atoms with Crippen LogP contribution in [0.5, 0.6) is 0 Å². The number of nitrogens with one attached hydrogen (secondary N) is 3. The molecule has 8 rings (SSSR count). The van der Waals surface area contributed by atoms with Crippen LogP contribution in [-0.2, 0) is 19.4 Å². The number of hydrogen-bond acceptors (Lipinski definition) is 7. The minimum absolute atomic E-state index is 0. The second kappa shape index (κ2) is 23.4. The van der Waals surface area contributed by atoms with Crippen molar-refractivity contribution in [1.82, 2.24) is 40.4 Å². The van der Waals surface area contributed by atoms with Crippen molar-refractivity contribution in [2.24, 2.45) is 17.3 Å². The molecule has 3 saturated heterocycles. The molecule has 4 atom stereocenters. The summed E-state index contributed by atoms with van der Waals surface area (Å²) in [6, 6.07) is 19.3. The molecule has 0 radical (unpaired) electrons. The van der Waals surface area contributed by atoms with Gasteiger partial charge in [0, 0.05) is 92.1 Å². The summed E-state index contributed by atoms with van der Waals surface area (Å²) in [4.78, 5) is 9.83. The molecule has 4 aliphatic rings. The van der Waals surface area contributed by atoms with Gasteiger partial charge in [-0.05, 0) is 129 Å². The fourth-order valence-corrected chi connectivity index (χ4v) is 11.9. The number of rotatable bonds is 23. The number of likely N-dealkylation sites (N-methyl/N-ethyl adjacent to an activating group) is 1. The van der Waals surface area contributed by atoms with E-state index < -0.39 is 0 Å². The third kappa shape index (κ3) is 12.1. The summed E-state index contributed by atoms with van der Waals surface area (Å²) in [5.74, 6) is 1.03. The van der Waals surface area contributed by atoms with E-state index in [1.807, 2.05) is 6.20 Å². The summed E-state index contributed by atoms with van der Waals surface area (Å²) in [5, 5.41) is 11.2. The smallest absolute Gasteiger partial charge is 0.378 e. The number of nitrogens with zero attached hydrogens (tertiary/aromatic N) is 5. The number of fused-ring (bicyclic) bond motifs is 1. The Kier molecular flexibility index (Phi) is 17.8. The van der Waals surface area contributed by atoms with Crippen molar-refractivity contribution in [2.45, 2.75) is 136 Å². The zero-order valence-corrected chi connectivity index (χ0v) is 45.7. The quantitative estimate of drug-likeness (QED) is 0.0297. The first-order valence-electron chi connectivity index (χ1n) is 26.2. The van der Waals surface area contributed by atoms with Gasteiger partial charge in [-0.25, -0.2) is 11.8 Å². The molecule has 3 N–H and O–H groups in total. The topological polar surface area (TPSA) is 73.5 Å². The molecule has 2 aromatic heterocycles. The molecule has 1 saturated carbocycles. The van der Waals surface area contributed by atoms with Crippen molar-refractivity contribution in [3.8, 4) is 22.4 Å². The molecule has 8 nitrogen and oxygen atoms in total. The van der Waals surface area contributed by atoms with Crippen LogP contribution < -0.4 is 45.6 Å². The summed E-state index contributed by atoms with van der Waals surface area (Å²) < 4.78 is 2.52. The molecule has 9 heteroatoms. The molecule has 0 bridgehead atoms. The maximum absolute atomic E-state index is 4.93. The van der Waals surface area contributed by atoms with Gasteiger partial charge < -0.3 is 30.0 Å². The van der Waals surface area contributed by atoms with Gasteiger partial charge in [0.25, 0.3) is 0 Å². The van der Waals surface area contributed by atoms with Crippen LogP contribution in [0.15, 0.2) is 116 Å². The van der Waals surface area contributed by atoms with E-state index in [9.17, 15) is 0 Å². The Balaban J connectivity index is 0.00000703. The van der Waals surface area contributed by atoms with Gasteiger partial charge >= 0.3 is 29.6 Å². The number of pyridine rings is 1. The largest absolute Gasteiger partial charge is 1.00 e. The molecule has 1 aliphatic carbocycles. The van der Waals surface area contributed by atoms with Crippen molar-refractivity contribution >= 4 is 10.9 Å². The first-order chi connectivity index (χ1) is 32.8.